The van der Waals surface area contributed by atoms with Crippen LogP contribution in [0.15, 0.2) is 41.1 Å². The molecule has 3 rings (SSSR count). The zero-order valence-electron chi connectivity index (χ0n) is 11.6. The van der Waals surface area contributed by atoms with Crippen molar-refractivity contribution in [3.05, 3.63) is 58.0 Å². The van der Waals surface area contributed by atoms with Gasteiger partial charge in [-0.1, -0.05) is 12.1 Å². The van der Waals surface area contributed by atoms with Gasteiger partial charge in [0.1, 0.15) is 5.82 Å². The Bertz CT molecular complexity index is 614. The Kier molecular flexibility index (Phi) is 4.31. The number of piperazine rings is 1. The molecular weight excluding hydrogens is 287 g/mol. The van der Waals surface area contributed by atoms with Crippen LogP contribution < -0.4 is 5.32 Å². The number of rotatable bonds is 3. The molecule has 1 aliphatic heterocycles. The molecule has 0 spiro atoms. The number of hydrogen-bond acceptors (Lipinski definition) is 3. The molecule has 2 heterocycles. The van der Waals surface area contributed by atoms with E-state index in [0.717, 1.165) is 17.7 Å². The molecule has 1 atom stereocenters. The minimum atomic E-state index is -0.261. The molecule has 2 aromatic rings. The Morgan fingerprint density at radius 3 is 3.10 bits per heavy atom. The first-order valence-electron chi connectivity index (χ1n) is 7.01. The van der Waals surface area contributed by atoms with E-state index >= 15 is 0 Å². The highest BCUT2D eigenvalue weighted by molar-refractivity contribution is 7.07. The van der Waals surface area contributed by atoms with Crippen LogP contribution >= 0.6 is 11.3 Å². The summed E-state index contributed by atoms with van der Waals surface area (Å²) in [4.78, 5) is 14.4. The van der Waals surface area contributed by atoms with Crippen LogP contribution in [0.5, 0.6) is 0 Å². The molecule has 0 bridgehead atoms. The van der Waals surface area contributed by atoms with Gasteiger partial charge in [0.05, 0.1) is 12.5 Å². The smallest absolute Gasteiger partial charge is 0.227 e. The lowest BCUT2D eigenvalue weighted by Gasteiger charge is -2.36. The molecule has 1 aromatic heterocycles. The number of carbonyl (C=O) groups is 1. The van der Waals surface area contributed by atoms with Gasteiger partial charge < -0.3 is 10.2 Å². The van der Waals surface area contributed by atoms with Crippen LogP contribution in [0.3, 0.4) is 0 Å². The summed E-state index contributed by atoms with van der Waals surface area (Å²) in [7, 11) is 0. The molecule has 1 N–H and O–H groups in total. The topological polar surface area (TPSA) is 32.3 Å². The number of carbonyl (C=O) groups excluding carboxylic acids is 1. The van der Waals surface area contributed by atoms with Crippen molar-refractivity contribution in [2.75, 3.05) is 19.6 Å². The SMILES string of the molecule is O=C(Cc1ccsc1)N1CCNCC1c1cccc(F)c1. The molecule has 1 aromatic carbocycles. The van der Waals surface area contributed by atoms with Crippen molar-refractivity contribution in [2.24, 2.45) is 0 Å². The average molecular weight is 304 g/mol. The molecule has 5 heteroatoms. The molecule has 21 heavy (non-hydrogen) atoms. The third-order valence-corrected chi connectivity index (χ3v) is 4.46. The van der Waals surface area contributed by atoms with Crippen molar-refractivity contribution in [3.8, 4) is 0 Å². The van der Waals surface area contributed by atoms with Crippen molar-refractivity contribution in [1.29, 1.82) is 0 Å². The molecule has 1 fully saturated rings. The third kappa shape index (κ3) is 3.31. The molecule has 1 unspecified atom stereocenters. The van der Waals surface area contributed by atoms with Crippen LogP contribution in [0.4, 0.5) is 4.39 Å². The van der Waals surface area contributed by atoms with Crippen molar-refractivity contribution in [1.82, 2.24) is 10.2 Å². The first-order chi connectivity index (χ1) is 10.2. The zero-order valence-corrected chi connectivity index (χ0v) is 12.4. The third-order valence-electron chi connectivity index (χ3n) is 3.73. The number of amides is 1. The van der Waals surface area contributed by atoms with Gasteiger partial charge >= 0.3 is 0 Å². The molecule has 0 saturated carbocycles. The fraction of sp³-hybridized carbons (Fsp3) is 0.312. The summed E-state index contributed by atoms with van der Waals surface area (Å²) in [6.07, 6.45) is 0.412. The van der Waals surface area contributed by atoms with E-state index in [4.69, 9.17) is 0 Å². The summed E-state index contributed by atoms with van der Waals surface area (Å²) in [5.41, 5.74) is 1.89. The summed E-state index contributed by atoms with van der Waals surface area (Å²) in [6.45, 7) is 2.10. The van der Waals surface area contributed by atoms with Gasteiger partial charge in [-0.3, -0.25) is 4.79 Å². The lowest BCUT2D eigenvalue weighted by Crippen LogP contribution is -2.49. The lowest BCUT2D eigenvalue weighted by atomic mass is 10.0. The molecule has 0 radical (unpaired) electrons. The second-order valence-electron chi connectivity index (χ2n) is 5.17. The average Bonchev–Trinajstić information content (AvgIpc) is 3.00. The highest BCUT2D eigenvalue weighted by Crippen LogP contribution is 2.24. The van der Waals surface area contributed by atoms with Crippen molar-refractivity contribution >= 4 is 17.2 Å². The second-order valence-corrected chi connectivity index (χ2v) is 5.95. The standard InChI is InChI=1S/C16H17FN2OS/c17-14-3-1-2-13(9-14)15-10-18-5-6-19(15)16(20)8-12-4-7-21-11-12/h1-4,7,9,11,15,18H,5-6,8,10H2. The van der Waals surface area contributed by atoms with E-state index in [0.29, 0.717) is 19.5 Å². The summed E-state index contributed by atoms with van der Waals surface area (Å²) in [6, 6.07) is 8.40. The van der Waals surface area contributed by atoms with Crippen LogP contribution in [0.1, 0.15) is 17.2 Å². The Balaban J connectivity index is 1.79. The predicted molar refractivity (Wildman–Crippen MR) is 81.7 cm³/mol. The van der Waals surface area contributed by atoms with Gasteiger partial charge in [0, 0.05) is 19.6 Å². The first kappa shape index (κ1) is 14.2. The number of thiophene rings is 1. The van der Waals surface area contributed by atoms with Crippen LogP contribution in [-0.2, 0) is 11.2 Å². The monoisotopic (exact) mass is 304 g/mol. The number of nitrogens with one attached hydrogen (secondary N) is 1. The Morgan fingerprint density at radius 1 is 1.43 bits per heavy atom. The van der Waals surface area contributed by atoms with Crippen molar-refractivity contribution < 1.29 is 9.18 Å². The van der Waals surface area contributed by atoms with Gasteiger partial charge in [-0.25, -0.2) is 4.39 Å². The minimum Gasteiger partial charge on any atom is -0.333 e. The van der Waals surface area contributed by atoms with E-state index in [1.807, 2.05) is 27.8 Å². The number of benzene rings is 1. The predicted octanol–water partition coefficient (Wildman–Crippen LogP) is 2.60. The summed E-state index contributed by atoms with van der Waals surface area (Å²) in [5, 5.41) is 7.26. The summed E-state index contributed by atoms with van der Waals surface area (Å²) >= 11 is 1.59. The molecule has 1 saturated heterocycles. The van der Waals surface area contributed by atoms with Gasteiger partial charge in [-0.2, -0.15) is 11.3 Å². The maximum absolute atomic E-state index is 13.4. The number of nitrogens with zero attached hydrogens (tertiary/aromatic N) is 1. The van der Waals surface area contributed by atoms with E-state index in [9.17, 15) is 9.18 Å². The van der Waals surface area contributed by atoms with E-state index in [-0.39, 0.29) is 17.8 Å². The Hall–Kier alpha value is -1.72. The summed E-state index contributed by atoms with van der Waals surface area (Å²) in [5.74, 6) is -0.160. The van der Waals surface area contributed by atoms with E-state index < -0.39 is 0 Å². The molecule has 3 nitrogen and oxygen atoms in total. The molecule has 0 aliphatic carbocycles. The van der Waals surface area contributed by atoms with E-state index in [1.54, 1.807) is 17.4 Å². The van der Waals surface area contributed by atoms with E-state index in [1.165, 1.54) is 12.1 Å². The Labute approximate surface area is 127 Å². The van der Waals surface area contributed by atoms with Gasteiger partial charge in [0.2, 0.25) is 5.91 Å². The number of halogens is 1. The van der Waals surface area contributed by atoms with Crippen LogP contribution in [-0.4, -0.2) is 30.4 Å². The largest absolute Gasteiger partial charge is 0.333 e. The van der Waals surface area contributed by atoms with Crippen molar-refractivity contribution in [2.45, 2.75) is 12.5 Å². The fourth-order valence-electron chi connectivity index (χ4n) is 2.68. The second kappa shape index (κ2) is 6.37. The van der Waals surface area contributed by atoms with E-state index in [2.05, 4.69) is 5.32 Å². The first-order valence-corrected chi connectivity index (χ1v) is 7.95. The molecule has 110 valence electrons. The fourth-order valence-corrected chi connectivity index (χ4v) is 3.35. The van der Waals surface area contributed by atoms with Gasteiger partial charge in [0.25, 0.3) is 0 Å². The minimum absolute atomic E-state index is 0.0967. The molecule has 1 aliphatic rings. The maximum Gasteiger partial charge on any atom is 0.227 e. The van der Waals surface area contributed by atoms with Crippen LogP contribution in [0.2, 0.25) is 0 Å². The summed E-state index contributed by atoms with van der Waals surface area (Å²) < 4.78 is 13.4. The van der Waals surface area contributed by atoms with Gasteiger partial charge in [-0.15, -0.1) is 0 Å². The zero-order chi connectivity index (χ0) is 14.7. The van der Waals surface area contributed by atoms with Crippen LogP contribution in [0, 0.1) is 5.82 Å². The quantitative estimate of drug-likeness (QED) is 0.945. The Morgan fingerprint density at radius 2 is 2.33 bits per heavy atom. The van der Waals surface area contributed by atoms with Gasteiger partial charge in [-0.05, 0) is 40.1 Å². The normalized spacial score (nSPS) is 18.7. The number of hydrogen-bond donors (Lipinski definition) is 1. The molecular formula is C16H17FN2OS. The maximum atomic E-state index is 13.4. The van der Waals surface area contributed by atoms with Crippen LogP contribution in [0.25, 0.3) is 0 Å². The highest BCUT2D eigenvalue weighted by Gasteiger charge is 2.27. The molecule has 1 amide bonds. The lowest BCUT2D eigenvalue weighted by molar-refractivity contribution is -0.133. The highest BCUT2D eigenvalue weighted by atomic mass is 32.1. The van der Waals surface area contributed by atoms with Gasteiger partial charge in [0.15, 0.2) is 0 Å². The van der Waals surface area contributed by atoms with Crippen molar-refractivity contribution in [3.63, 3.8) is 0 Å².